The summed E-state index contributed by atoms with van der Waals surface area (Å²) in [6, 6.07) is 4.13. The van der Waals surface area contributed by atoms with Crippen LogP contribution >= 0.6 is 11.6 Å². The van der Waals surface area contributed by atoms with Gasteiger partial charge in [-0.05, 0) is 31.4 Å². The number of nitrogens with zero attached hydrogens (tertiary/aromatic N) is 1. The van der Waals surface area contributed by atoms with Crippen molar-refractivity contribution in [1.82, 2.24) is 4.98 Å². The third-order valence-corrected chi connectivity index (χ3v) is 2.80. The van der Waals surface area contributed by atoms with E-state index in [1.807, 2.05) is 31.3 Å². The van der Waals surface area contributed by atoms with Crippen LogP contribution in [0.15, 0.2) is 35.5 Å². The van der Waals surface area contributed by atoms with Crippen molar-refractivity contribution >= 4 is 17.2 Å². The van der Waals surface area contributed by atoms with Gasteiger partial charge >= 0.3 is 0 Å². The molecular weight excluding hydrogens is 218 g/mol. The van der Waals surface area contributed by atoms with Crippen LogP contribution in [0.4, 0.5) is 0 Å². The van der Waals surface area contributed by atoms with Crippen LogP contribution in [0.2, 0.25) is 0 Å². The topological polar surface area (TPSA) is 12.9 Å². The molecule has 0 radical (unpaired) electrons. The Balaban J connectivity index is 3.01. The number of hydrogen-bond donors (Lipinski definition) is 0. The van der Waals surface area contributed by atoms with E-state index in [4.69, 9.17) is 11.6 Å². The molecule has 1 rings (SSSR count). The first-order valence-corrected chi connectivity index (χ1v) is 6.08. The molecular formula is C14H18ClN. The summed E-state index contributed by atoms with van der Waals surface area (Å²) in [5.41, 5.74) is 3.19. The van der Waals surface area contributed by atoms with Crippen LogP contribution in [0.3, 0.4) is 0 Å². The number of halogens is 1. The van der Waals surface area contributed by atoms with Gasteiger partial charge in [0.25, 0.3) is 0 Å². The van der Waals surface area contributed by atoms with Crippen molar-refractivity contribution in [2.24, 2.45) is 0 Å². The fraction of sp³-hybridized carbons (Fsp3) is 0.357. The summed E-state index contributed by atoms with van der Waals surface area (Å²) in [6.45, 7) is 6.18. The lowest BCUT2D eigenvalue weighted by atomic mass is 10.1. The molecule has 2 heteroatoms. The highest BCUT2D eigenvalue weighted by Gasteiger charge is 2.05. The highest BCUT2D eigenvalue weighted by molar-refractivity contribution is 6.36. The molecule has 1 heterocycles. The van der Waals surface area contributed by atoms with Gasteiger partial charge in [0.1, 0.15) is 0 Å². The van der Waals surface area contributed by atoms with Crippen LogP contribution in [0.1, 0.15) is 38.4 Å². The van der Waals surface area contributed by atoms with Crippen molar-refractivity contribution in [3.63, 3.8) is 0 Å². The Labute approximate surface area is 103 Å². The van der Waals surface area contributed by atoms with Crippen molar-refractivity contribution < 1.29 is 0 Å². The van der Waals surface area contributed by atoms with E-state index in [2.05, 4.69) is 24.9 Å². The van der Waals surface area contributed by atoms with Gasteiger partial charge in [-0.15, -0.1) is 0 Å². The maximum atomic E-state index is 6.21. The van der Waals surface area contributed by atoms with Gasteiger partial charge in [-0.1, -0.05) is 43.7 Å². The Kier molecular flexibility index (Phi) is 5.27. The molecule has 86 valence electrons. The van der Waals surface area contributed by atoms with Crippen molar-refractivity contribution in [1.29, 1.82) is 0 Å². The highest BCUT2D eigenvalue weighted by Crippen LogP contribution is 2.25. The van der Waals surface area contributed by atoms with Gasteiger partial charge in [0.2, 0.25) is 0 Å². The zero-order valence-corrected chi connectivity index (χ0v) is 10.9. The molecule has 0 aliphatic rings. The first-order chi connectivity index (χ1) is 7.72. The fourth-order valence-corrected chi connectivity index (χ4v) is 1.85. The molecule has 0 aliphatic carbocycles. The maximum Gasteiger partial charge on any atom is 0.0713 e. The van der Waals surface area contributed by atoms with Gasteiger partial charge in [0.15, 0.2) is 0 Å². The number of aromatic nitrogens is 1. The van der Waals surface area contributed by atoms with Crippen LogP contribution in [-0.2, 0) is 6.42 Å². The van der Waals surface area contributed by atoms with Crippen molar-refractivity contribution in [3.05, 3.63) is 46.8 Å². The quantitative estimate of drug-likeness (QED) is 0.696. The lowest BCUT2D eigenvalue weighted by Gasteiger charge is -2.06. The Bertz CT molecular complexity index is 388. The van der Waals surface area contributed by atoms with E-state index in [-0.39, 0.29) is 0 Å². The molecule has 0 atom stereocenters. The summed E-state index contributed by atoms with van der Waals surface area (Å²) in [4.78, 5) is 4.43. The third kappa shape index (κ3) is 3.21. The first kappa shape index (κ1) is 13.0. The molecule has 0 bridgehead atoms. The number of rotatable bonds is 4. The van der Waals surface area contributed by atoms with Crippen LogP contribution in [0, 0.1) is 0 Å². The van der Waals surface area contributed by atoms with Gasteiger partial charge in [-0.2, -0.15) is 0 Å². The number of allylic oxidation sites excluding steroid dienone is 4. The first-order valence-electron chi connectivity index (χ1n) is 5.70. The minimum absolute atomic E-state index is 0.779. The summed E-state index contributed by atoms with van der Waals surface area (Å²) < 4.78 is 0. The summed E-state index contributed by atoms with van der Waals surface area (Å²) >= 11 is 6.21. The Hall–Kier alpha value is -1.08. The molecule has 0 saturated carbocycles. The largest absolute Gasteiger partial charge is 0.256 e. The lowest BCUT2D eigenvalue weighted by Crippen LogP contribution is -1.91. The minimum Gasteiger partial charge on any atom is -0.256 e. The Morgan fingerprint density at radius 2 is 2.12 bits per heavy atom. The average molecular weight is 236 g/mol. The van der Waals surface area contributed by atoms with Gasteiger partial charge in [-0.3, -0.25) is 4.98 Å². The summed E-state index contributed by atoms with van der Waals surface area (Å²) in [7, 11) is 0. The second kappa shape index (κ2) is 6.49. The third-order valence-electron chi connectivity index (χ3n) is 2.44. The molecule has 0 amide bonds. The van der Waals surface area contributed by atoms with Gasteiger partial charge in [0.05, 0.1) is 5.69 Å². The van der Waals surface area contributed by atoms with Crippen LogP contribution in [0.25, 0.3) is 5.57 Å². The van der Waals surface area contributed by atoms with Crippen LogP contribution in [0.5, 0.6) is 0 Å². The van der Waals surface area contributed by atoms with Gasteiger partial charge < -0.3 is 0 Å². The van der Waals surface area contributed by atoms with Gasteiger partial charge in [0, 0.05) is 16.8 Å². The molecule has 0 aromatic carbocycles. The average Bonchev–Trinajstić information content (AvgIpc) is 2.31. The predicted octanol–water partition coefficient (Wildman–Crippen LogP) is 4.58. The molecule has 16 heavy (non-hydrogen) atoms. The summed E-state index contributed by atoms with van der Waals surface area (Å²) in [5, 5.41) is 0.779. The monoisotopic (exact) mass is 235 g/mol. The van der Waals surface area contributed by atoms with E-state index in [0.29, 0.717) is 0 Å². The lowest BCUT2D eigenvalue weighted by molar-refractivity contribution is 1.09. The Morgan fingerprint density at radius 3 is 2.56 bits per heavy atom. The predicted molar refractivity (Wildman–Crippen MR) is 71.5 cm³/mol. The fourth-order valence-electron chi connectivity index (χ4n) is 1.49. The molecule has 0 fully saturated rings. The second-order valence-electron chi connectivity index (χ2n) is 3.57. The molecule has 0 aliphatic heterocycles. The zero-order valence-electron chi connectivity index (χ0n) is 10.1. The second-order valence-corrected chi connectivity index (χ2v) is 3.98. The van der Waals surface area contributed by atoms with Crippen molar-refractivity contribution in [2.45, 2.75) is 33.6 Å². The van der Waals surface area contributed by atoms with E-state index in [1.165, 1.54) is 5.56 Å². The van der Waals surface area contributed by atoms with E-state index in [9.17, 15) is 0 Å². The van der Waals surface area contributed by atoms with E-state index >= 15 is 0 Å². The molecule has 0 spiro atoms. The standard InChI is InChI=1S/C14H18ClN/c1-4-7-13(15)12(6-3)14-9-8-11(5-2)10-16-14/h6-10H,4-5H2,1-3H3/b12-6+,13-7+. The van der Waals surface area contributed by atoms with E-state index in [0.717, 1.165) is 29.1 Å². The number of aryl methyl sites for hydroxylation is 1. The SMILES string of the molecule is C/C=C(\C(Cl)=C/CC)c1ccc(CC)cn1. The Morgan fingerprint density at radius 1 is 1.38 bits per heavy atom. The maximum absolute atomic E-state index is 6.21. The molecule has 0 unspecified atom stereocenters. The van der Waals surface area contributed by atoms with Crippen molar-refractivity contribution in [2.75, 3.05) is 0 Å². The summed E-state index contributed by atoms with van der Waals surface area (Å²) in [6.07, 6.45) is 7.86. The summed E-state index contributed by atoms with van der Waals surface area (Å²) in [5.74, 6) is 0. The smallest absolute Gasteiger partial charge is 0.0713 e. The normalized spacial score (nSPS) is 13.0. The molecule has 1 nitrogen and oxygen atoms in total. The van der Waals surface area contributed by atoms with E-state index in [1.54, 1.807) is 0 Å². The minimum atomic E-state index is 0.779. The van der Waals surface area contributed by atoms with Crippen molar-refractivity contribution in [3.8, 4) is 0 Å². The van der Waals surface area contributed by atoms with Crippen LogP contribution < -0.4 is 0 Å². The number of pyridine rings is 1. The number of hydrogen-bond acceptors (Lipinski definition) is 1. The molecule has 1 aromatic heterocycles. The molecule has 0 saturated heterocycles. The van der Waals surface area contributed by atoms with Gasteiger partial charge in [-0.25, -0.2) is 0 Å². The van der Waals surface area contributed by atoms with E-state index < -0.39 is 0 Å². The molecule has 1 aromatic rings. The highest BCUT2D eigenvalue weighted by atomic mass is 35.5. The molecule has 0 N–H and O–H groups in total. The van der Waals surface area contributed by atoms with Crippen LogP contribution in [-0.4, -0.2) is 4.98 Å². The zero-order chi connectivity index (χ0) is 12.0.